The molecule has 3 rings (SSSR count). The van der Waals surface area contributed by atoms with Gasteiger partial charge in [0.2, 0.25) is 0 Å². The Labute approximate surface area is 92.7 Å². The average molecular weight is 217 g/mol. The number of carboxylic acid groups (broad SMARTS) is 1. The number of nitrogens with zero attached hydrogens (tertiary/aromatic N) is 1. The van der Waals surface area contributed by atoms with E-state index in [1.807, 2.05) is 18.2 Å². The molecule has 1 aromatic rings. The third-order valence-corrected chi connectivity index (χ3v) is 2.93. The highest BCUT2D eigenvalue weighted by Crippen LogP contribution is 2.39. The van der Waals surface area contributed by atoms with Crippen molar-refractivity contribution in [1.29, 1.82) is 0 Å². The van der Waals surface area contributed by atoms with Crippen LogP contribution in [0.5, 0.6) is 5.75 Å². The van der Waals surface area contributed by atoms with Crippen LogP contribution in [0.3, 0.4) is 0 Å². The minimum absolute atomic E-state index is 0.437. The Hall–Kier alpha value is -1.97. The maximum Gasteiger partial charge on any atom is 0.333 e. The zero-order chi connectivity index (χ0) is 11.1. The van der Waals surface area contributed by atoms with E-state index in [4.69, 9.17) is 9.84 Å². The number of anilines is 1. The molecule has 0 fully saturated rings. The van der Waals surface area contributed by atoms with Crippen LogP contribution in [0.15, 0.2) is 23.8 Å². The lowest BCUT2D eigenvalue weighted by Crippen LogP contribution is -2.37. The molecule has 4 heteroatoms. The number of carbonyl (C=O) groups is 1. The van der Waals surface area contributed by atoms with Crippen LogP contribution < -0.4 is 9.64 Å². The fourth-order valence-electron chi connectivity index (χ4n) is 2.21. The highest BCUT2D eigenvalue weighted by molar-refractivity contribution is 5.97. The first-order valence-electron chi connectivity index (χ1n) is 5.20. The van der Waals surface area contributed by atoms with Gasteiger partial charge < -0.3 is 14.7 Å². The first-order valence-corrected chi connectivity index (χ1v) is 5.20. The van der Waals surface area contributed by atoms with E-state index in [0.717, 1.165) is 23.5 Å². The Bertz CT molecular complexity index is 493. The standard InChI is InChI=1S/C12H11NO3/c14-12(15)9-6-8-2-1-3-10-11(8)13(7-9)4-5-16-10/h1-3,6H,4-5,7H2,(H,14,15). The van der Waals surface area contributed by atoms with Gasteiger partial charge in [-0.15, -0.1) is 0 Å². The summed E-state index contributed by atoms with van der Waals surface area (Å²) < 4.78 is 5.55. The topological polar surface area (TPSA) is 49.8 Å². The molecule has 0 saturated heterocycles. The van der Waals surface area contributed by atoms with E-state index in [0.29, 0.717) is 18.7 Å². The third-order valence-electron chi connectivity index (χ3n) is 2.93. The zero-order valence-corrected chi connectivity index (χ0v) is 8.64. The molecule has 4 nitrogen and oxygen atoms in total. The molecule has 0 amide bonds. The number of carboxylic acids is 1. The van der Waals surface area contributed by atoms with Crippen molar-refractivity contribution in [2.45, 2.75) is 0 Å². The number of benzene rings is 1. The summed E-state index contributed by atoms with van der Waals surface area (Å²) in [5, 5.41) is 9.04. The Morgan fingerprint density at radius 2 is 2.31 bits per heavy atom. The molecule has 2 heterocycles. The molecule has 0 bridgehead atoms. The summed E-state index contributed by atoms with van der Waals surface area (Å²) in [5.41, 5.74) is 2.39. The molecule has 1 N–H and O–H groups in total. The second-order valence-corrected chi connectivity index (χ2v) is 3.94. The van der Waals surface area contributed by atoms with Gasteiger partial charge in [-0.25, -0.2) is 4.79 Å². The monoisotopic (exact) mass is 217 g/mol. The zero-order valence-electron chi connectivity index (χ0n) is 8.64. The fraction of sp³-hybridized carbons (Fsp3) is 0.250. The number of rotatable bonds is 1. The first-order chi connectivity index (χ1) is 7.75. The van der Waals surface area contributed by atoms with E-state index in [1.165, 1.54) is 0 Å². The van der Waals surface area contributed by atoms with E-state index in [9.17, 15) is 4.79 Å². The smallest absolute Gasteiger partial charge is 0.333 e. The minimum atomic E-state index is -0.845. The summed E-state index contributed by atoms with van der Waals surface area (Å²) >= 11 is 0. The summed E-state index contributed by atoms with van der Waals surface area (Å²) in [5.74, 6) is 0.00647. The van der Waals surface area contributed by atoms with Crippen molar-refractivity contribution >= 4 is 17.7 Å². The lowest BCUT2D eigenvalue weighted by Gasteiger charge is -2.35. The fourth-order valence-corrected chi connectivity index (χ4v) is 2.21. The van der Waals surface area contributed by atoms with Crippen LogP contribution in [0.1, 0.15) is 5.56 Å². The molecule has 2 aliphatic heterocycles. The van der Waals surface area contributed by atoms with Crippen LogP contribution in [-0.4, -0.2) is 30.8 Å². The Morgan fingerprint density at radius 3 is 3.12 bits per heavy atom. The van der Waals surface area contributed by atoms with Gasteiger partial charge in [-0.05, 0) is 12.1 Å². The molecule has 16 heavy (non-hydrogen) atoms. The molecular weight excluding hydrogens is 206 g/mol. The molecule has 0 radical (unpaired) electrons. The molecule has 0 aromatic heterocycles. The SMILES string of the molecule is O=C(O)C1=Cc2cccc3c2N(CCO3)C1. The molecule has 0 atom stereocenters. The van der Waals surface area contributed by atoms with Crippen LogP contribution in [0.25, 0.3) is 6.08 Å². The van der Waals surface area contributed by atoms with Gasteiger partial charge >= 0.3 is 5.97 Å². The summed E-state index contributed by atoms with van der Waals surface area (Å²) in [6, 6.07) is 5.73. The third kappa shape index (κ3) is 1.26. The molecule has 2 aliphatic rings. The number of para-hydroxylation sites is 1. The Morgan fingerprint density at radius 1 is 1.44 bits per heavy atom. The summed E-state index contributed by atoms with van der Waals surface area (Å²) in [7, 11) is 0. The van der Waals surface area contributed by atoms with Gasteiger partial charge in [0.25, 0.3) is 0 Å². The molecule has 82 valence electrons. The van der Waals surface area contributed by atoms with E-state index in [1.54, 1.807) is 6.08 Å². The van der Waals surface area contributed by atoms with Gasteiger partial charge in [0.15, 0.2) is 0 Å². The van der Waals surface area contributed by atoms with Crippen LogP contribution in [0, 0.1) is 0 Å². The van der Waals surface area contributed by atoms with Gasteiger partial charge in [-0.1, -0.05) is 12.1 Å². The largest absolute Gasteiger partial charge is 0.490 e. The van der Waals surface area contributed by atoms with Crippen molar-refractivity contribution in [2.24, 2.45) is 0 Å². The highest BCUT2D eigenvalue weighted by atomic mass is 16.5. The van der Waals surface area contributed by atoms with Crippen molar-refractivity contribution in [3.8, 4) is 5.75 Å². The van der Waals surface area contributed by atoms with E-state index < -0.39 is 5.97 Å². The van der Waals surface area contributed by atoms with Gasteiger partial charge in [0.1, 0.15) is 12.4 Å². The van der Waals surface area contributed by atoms with E-state index >= 15 is 0 Å². The van der Waals surface area contributed by atoms with Gasteiger partial charge in [0.05, 0.1) is 24.4 Å². The number of hydrogen-bond acceptors (Lipinski definition) is 3. The quantitative estimate of drug-likeness (QED) is 0.771. The lowest BCUT2D eigenvalue weighted by molar-refractivity contribution is -0.132. The molecule has 0 unspecified atom stereocenters. The van der Waals surface area contributed by atoms with Crippen molar-refractivity contribution < 1.29 is 14.6 Å². The summed E-state index contributed by atoms with van der Waals surface area (Å²) in [6.07, 6.45) is 1.73. The van der Waals surface area contributed by atoms with Gasteiger partial charge in [0, 0.05) is 5.56 Å². The molecular formula is C12H11NO3. The van der Waals surface area contributed by atoms with Crippen molar-refractivity contribution in [3.63, 3.8) is 0 Å². The molecule has 0 spiro atoms. The predicted octanol–water partition coefficient (Wildman–Crippen LogP) is 1.37. The van der Waals surface area contributed by atoms with Crippen LogP contribution in [0.2, 0.25) is 0 Å². The molecule has 1 aromatic carbocycles. The second kappa shape index (κ2) is 3.27. The minimum Gasteiger partial charge on any atom is -0.490 e. The number of ether oxygens (including phenoxy) is 1. The predicted molar refractivity (Wildman–Crippen MR) is 59.8 cm³/mol. The molecule has 0 saturated carbocycles. The van der Waals surface area contributed by atoms with Crippen molar-refractivity contribution in [1.82, 2.24) is 0 Å². The van der Waals surface area contributed by atoms with E-state index in [-0.39, 0.29) is 0 Å². The van der Waals surface area contributed by atoms with Crippen molar-refractivity contribution in [3.05, 3.63) is 29.3 Å². The first kappa shape index (κ1) is 9.27. The van der Waals surface area contributed by atoms with Crippen molar-refractivity contribution in [2.75, 3.05) is 24.6 Å². The van der Waals surface area contributed by atoms with Crippen LogP contribution >= 0.6 is 0 Å². The van der Waals surface area contributed by atoms with Gasteiger partial charge in [-0.3, -0.25) is 0 Å². The normalized spacial score (nSPS) is 17.2. The summed E-state index contributed by atoms with van der Waals surface area (Å²) in [6.45, 7) is 1.82. The maximum atomic E-state index is 11.0. The maximum absolute atomic E-state index is 11.0. The summed E-state index contributed by atoms with van der Waals surface area (Å²) in [4.78, 5) is 13.1. The Balaban J connectivity index is 2.17. The van der Waals surface area contributed by atoms with Gasteiger partial charge in [-0.2, -0.15) is 0 Å². The average Bonchev–Trinajstić information content (AvgIpc) is 2.29. The number of hydrogen-bond donors (Lipinski definition) is 1. The Kier molecular flexibility index (Phi) is 1.89. The van der Waals surface area contributed by atoms with E-state index in [2.05, 4.69) is 4.90 Å². The number of aliphatic carboxylic acids is 1. The van der Waals surface area contributed by atoms with Crippen LogP contribution in [-0.2, 0) is 4.79 Å². The highest BCUT2D eigenvalue weighted by Gasteiger charge is 2.27. The van der Waals surface area contributed by atoms with Crippen LogP contribution in [0.4, 0.5) is 5.69 Å². The lowest BCUT2D eigenvalue weighted by atomic mass is 10.0. The second-order valence-electron chi connectivity index (χ2n) is 3.94. The molecule has 0 aliphatic carbocycles.